The Morgan fingerprint density at radius 3 is 2.57 bits per heavy atom. The van der Waals surface area contributed by atoms with Crippen LogP contribution in [0.2, 0.25) is 0 Å². The Balaban J connectivity index is 1.31. The normalized spacial score (nSPS) is 27.4. The second kappa shape index (κ2) is 10.7. The van der Waals surface area contributed by atoms with E-state index >= 15 is 0 Å². The van der Waals surface area contributed by atoms with Crippen LogP contribution in [0.25, 0.3) is 0 Å². The van der Waals surface area contributed by atoms with Gasteiger partial charge in [-0.05, 0) is 81.5 Å². The Labute approximate surface area is 206 Å². The predicted octanol–water partition coefficient (Wildman–Crippen LogP) is 3.89. The minimum absolute atomic E-state index is 0.0364. The van der Waals surface area contributed by atoms with Crippen LogP contribution in [0.5, 0.6) is 5.75 Å². The number of carbonyl (C=O) groups is 1. The molecular weight excluding hydrogens is 478 g/mol. The highest BCUT2D eigenvalue weighted by Gasteiger charge is 2.41. The molecule has 10 heteroatoms. The number of hydrogen-bond acceptors (Lipinski definition) is 6. The topological polar surface area (TPSA) is 84.9 Å². The van der Waals surface area contributed by atoms with Crippen molar-refractivity contribution in [2.45, 2.75) is 81.2 Å². The number of hydrogen-bond donors (Lipinski definition) is 1. The summed E-state index contributed by atoms with van der Waals surface area (Å²) in [5, 5.41) is 3.44. The Morgan fingerprint density at radius 2 is 1.89 bits per heavy atom. The van der Waals surface area contributed by atoms with Crippen molar-refractivity contribution in [2.75, 3.05) is 26.8 Å². The first-order valence-corrected chi connectivity index (χ1v) is 14.0. The minimum Gasteiger partial charge on any atom is -0.492 e. The molecule has 0 unspecified atom stereocenters. The molecule has 2 saturated carbocycles. The summed E-state index contributed by atoms with van der Waals surface area (Å²) in [6.07, 6.45) is 3.92. The van der Waals surface area contributed by atoms with Gasteiger partial charge in [0, 0.05) is 25.4 Å². The van der Waals surface area contributed by atoms with E-state index in [1.54, 1.807) is 18.2 Å². The van der Waals surface area contributed by atoms with Gasteiger partial charge in [-0.1, -0.05) is 6.07 Å². The lowest BCUT2D eigenvalue weighted by atomic mass is 9.75. The van der Waals surface area contributed by atoms with Crippen molar-refractivity contribution in [2.24, 2.45) is 11.8 Å². The SMILES string of the molecule is COC(=O)[C@@H]1CCCN1S(=O)(=O)c1ccc(C)cc1OCC1CC(CNC2CCC(F)(F)CC2)C1. The van der Waals surface area contributed by atoms with Gasteiger partial charge in [-0.3, -0.25) is 4.79 Å². The van der Waals surface area contributed by atoms with Crippen molar-refractivity contribution in [3.05, 3.63) is 23.8 Å². The Morgan fingerprint density at radius 1 is 1.17 bits per heavy atom. The lowest BCUT2D eigenvalue weighted by Crippen LogP contribution is -2.42. The van der Waals surface area contributed by atoms with Crippen LogP contribution in [0.4, 0.5) is 8.78 Å². The molecule has 1 N–H and O–H groups in total. The second-order valence-corrected chi connectivity index (χ2v) is 12.2. The van der Waals surface area contributed by atoms with Crippen molar-refractivity contribution in [1.82, 2.24) is 9.62 Å². The molecular formula is C25H36F2N2O5S. The van der Waals surface area contributed by atoms with E-state index in [9.17, 15) is 22.0 Å². The summed E-state index contributed by atoms with van der Waals surface area (Å²) in [4.78, 5) is 12.2. The fourth-order valence-corrected chi connectivity index (χ4v) is 7.19. The van der Waals surface area contributed by atoms with Gasteiger partial charge in [0.05, 0.1) is 13.7 Å². The minimum atomic E-state index is -3.92. The standard InChI is InChI=1S/C25H36F2N2O5S/c1-17-5-6-23(35(31,32)29-11-3-4-21(29)24(30)33-2)22(12-17)34-16-19-13-18(14-19)15-28-20-7-9-25(26,27)10-8-20/h5-6,12,18-21,28H,3-4,7-11,13-16H2,1-2H3/t18?,19?,21-/m0/s1. The van der Waals surface area contributed by atoms with E-state index < -0.39 is 28.0 Å². The number of methoxy groups -OCH3 is 1. The van der Waals surface area contributed by atoms with Crippen LogP contribution in [0.15, 0.2) is 23.1 Å². The van der Waals surface area contributed by atoms with Gasteiger partial charge >= 0.3 is 5.97 Å². The third-order valence-corrected chi connectivity index (χ3v) is 9.53. The van der Waals surface area contributed by atoms with Gasteiger partial charge in [-0.15, -0.1) is 0 Å². The Hall–Kier alpha value is -1.78. The van der Waals surface area contributed by atoms with Crippen molar-refractivity contribution >= 4 is 16.0 Å². The molecule has 196 valence electrons. The number of sulfonamides is 1. The molecule has 0 amide bonds. The molecule has 0 aromatic heterocycles. The molecule has 1 atom stereocenters. The van der Waals surface area contributed by atoms with E-state index in [1.807, 2.05) is 6.92 Å². The van der Waals surface area contributed by atoms with Crippen LogP contribution < -0.4 is 10.1 Å². The zero-order chi connectivity index (χ0) is 25.2. The molecule has 35 heavy (non-hydrogen) atoms. The summed E-state index contributed by atoms with van der Waals surface area (Å²) in [5.41, 5.74) is 0.888. The van der Waals surface area contributed by atoms with Gasteiger partial charge in [-0.2, -0.15) is 4.31 Å². The number of carbonyl (C=O) groups excluding carboxylic acids is 1. The van der Waals surface area contributed by atoms with Crippen LogP contribution in [0.1, 0.15) is 56.9 Å². The summed E-state index contributed by atoms with van der Waals surface area (Å²) in [6, 6.07) is 4.37. The van der Waals surface area contributed by atoms with Gasteiger partial charge in [0.25, 0.3) is 0 Å². The number of esters is 1. The lowest BCUT2D eigenvalue weighted by molar-refractivity contribution is -0.144. The molecule has 1 aromatic rings. The van der Waals surface area contributed by atoms with Gasteiger partial charge in [-0.25, -0.2) is 17.2 Å². The van der Waals surface area contributed by atoms with E-state index in [0.717, 1.165) is 24.9 Å². The van der Waals surface area contributed by atoms with Crippen LogP contribution in [-0.2, 0) is 19.6 Å². The van der Waals surface area contributed by atoms with Crippen LogP contribution in [-0.4, -0.2) is 63.5 Å². The van der Waals surface area contributed by atoms with Crippen LogP contribution in [0.3, 0.4) is 0 Å². The van der Waals surface area contributed by atoms with E-state index in [0.29, 0.717) is 49.9 Å². The highest BCUT2D eigenvalue weighted by molar-refractivity contribution is 7.89. The number of alkyl halides is 2. The third-order valence-electron chi connectivity index (χ3n) is 7.58. The fourth-order valence-electron chi connectivity index (χ4n) is 5.43. The molecule has 1 saturated heterocycles. The molecule has 2 aliphatic carbocycles. The maximum absolute atomic E-state index is 13.4. The Kier molecular flexibility index (Phi) is 8.02. The summed E-state index contributed by atoms with van der Waals surface area (Å²) >= 11 is 0. The average Bonchev–Trinajstić information content (AvgIpc) is 3.29. The fraction of sp³-hybridized carbons (Fsp3) is 0.720. The largest absolute Gasteiger partial charge is 0.492 e. The first kappa shape index (κ1) is 26.3. The first-order chi connectivity index (χ1) is 16.6. The highest BCUT2D eigenvalue weighted by atomic mass is 32.2. The van der Waals surface area contributed by atoms with E-state index in [4.69, 9.17) is 9.47 Å². The van der Waals surface area contributed by atoms with Gasteiger partial charge in [0.2, 0.25) is 15.9 Å². The molecule has 1 heterocycles. The molecule has 3 fully saturated rings. The van der Waals surface area contributed by atoms with Crippen molar-refractivity contribution in [1.29, 1.82) is 0 Å². The number of halogens is 2. The number of ether oxygens (including phenoxy) is 2. The summed E-state index contributed by atoms with van der Waals surface area (Å²) in [6.45, 7) is 3.38. The van der Waals surface area contributed by atoms with Crippen molar-refractivity contribution in [3.63, 3.8) is 0 Å². The van der Waals surface area contributed by atoms with Crippen molar-refractivity contribution < 1.29 is 31.5 Å². The summed E-state index contributed by atoms with van der Waals surface area (Å²) < 4.78 is 65.6. The number of aryl methyl sites for hydroxylation is 1. The maximum Gasteiger partial charge on any atom is 0.324 e. The molecule has 7 nitrogen and oxygen atoms in total. The second-order valence-electron chi connectivity index (χ2n) is 10.3. The monoisotopic (exact) mass is 514 g/mol. The van der Waals surface area contributed by atoms with E-state index in [1.165, 1.54) is 11.4 Å². The molecule has 1 aromatic carbocycles. The average molecular weight is 515 g/mol. The smallest absolute Gasteiger partial charge is 0.324 e. The first-order valence-electron chi connectivity index (χ1n) is 12.5. The number of benzene rings is 1. The highest BCUT2D eigenvalue weighted by Crippen LogP contribution is 2.37. The van der Waals surface area contributed by atoms with Crippen molar-refractivity contribution in [3.8, 4) is 5.75 Å². The molecule has 4 rings (SSSR count). The van der Waals surface area contributed by atoms with E-state index in [-0.39, 0.29) is 30.3 Å². The molecule has 3 aliphatic rings. The number of nitrogens with one attached hydrogen (secondary N) is 1. The van der Waals surface area contributed by atoms with E-state index in [2.05, 4.69) is 5.32 Å². The maximum atomic E-state index is 13.4. The lowest BCUT2D eigenvalue weighted by Gasteiger charge is -2.37. The Bertz CT molecular complexity index is 1000. The third kappa shape index (κ3) is 6.14. The number of nitrogens with zero attached hydrogens (tertiary/aromatic N) is 1. The molecule has 0 spiro atoms. The number of rotatable bonds is 9. The van der Waals surface area contributed by atoms with Gasteiger partial charge < -0.3 is 14.8 Å². The predicted molar refractivity (Wildman–Crippen MR) is 127 cm³/mol. The summed E-state index contributed by atoms with van der Waals surface area (Å²) in [5.74, 6) is -1.93. The zero-order valence-corrected chi connectivity index (χ0v) is 21.3. The molecule has 0 bridgehead atoms. The quantitative estimate of drug-likeness (QED) is 0.504. The van der Waals surface area contributed by atoms with Gasteiger partial charge in [0.15, 0.2) is 0 Å². The molecule has 0 radical (unpaired) electrons. The van der Waals surface area contributed by atoms with Crippen LogP contribution in [0, 0.1) is 18.8 Å². The zero-order valence-electron chi connectivity index (χ0n) is 20.5. The van der Waals surface area contributed by atoms with Gasteiger partial charge in [0.1, 0.15) is 16.7 Å². The summed E-state index contributed by atoms with van der Waals surface area (Å²) in [7, 11) is -2.66. The molecule has 1 aliphatic heterocycles. The van der Waals surface area contributed by atoms with Crippen LogP contribution >= 0.6 is 0 Å².